The van der Waals surface area contributed by atoms with E-state index < -0.39 is 0 Å². The van der Waals surface area contributed by atoms with Crippen molar-refractivity contribution in [2.75, 3.05) is 19.6 Å². The highest BCUT2D eigenvalue weighted by Crippen LogP contribution is 2.05. The molecule has 1 fully saturated rings. The molecule has 0 amide bonds. The van der Waals surface area contributed by atoms with Gasteiger partial charge in [0, 0.05) is 12.6 Å². The maximum Gasteiger partial charge on any atom is 0.0192 e. The summed E-state index contributed by atoms with van der Waals surface area (Å²) in [5, 5.41) is 7.16. The maximum atomic E-state index is 3.67. The lowest BCUT2D eigenvalue weighted by Gasteiger charge is -2.16. The molecule has 1 unspecified atom stereocenters. The Hall–Kier alpha value is -0.860. The highest BCUT2D eigenvalue weighted by molar-refractivity contribution is 5.14. The van der Waals surface area contributed by atoms with Gasteiger partial charge in [0.25, 0.3) is 0 Å². The molecule has 0 spiro atoms. The Morgan fingerprint density at radius 1 is 1.18 bits per heavy atom. The zero-order valence-corrected chi connectivity index (χ0v) is 10.6. The minimum absolute atomic E-state index is 0.688. The van der Waals surface area contributed by atoms with Crippen LogP contribution in [0.3, 0.4) is 0 Å². The van der Waals surface area contributed by atoms with Gasteiger partial charge >= 0.3 is 0 Å². The Bertz CT molecular complexity index is 289. The topological polar surface area (TPSA) is 24.1 Å². The van der Waals surface area contributed by atoms with Gasteiger partial charge in [0.15, 0.2) is 0 Å². The van der Waals surface area contributed by atoms with Crippen LogP contribution >= 0.6 is 0 Å². The van der Waals surface area contributed by atoms with Crippen molar-refractivity contribution in [1.82, 2.24) is 10.6 Å². The molecule has 1 aromatic carbocycles. The normalized spacial score (nSPS) is 21.1. The number of hydrogen-bond acceptors (Lipinski definition) is 2. The van der Waals surface area contributed by atoms with Gasteiger partial charge in [-0.2, -0.15) is 0 Å². The lowest BCUT2D eigenvalue weighted by Crippen LogP contribution is -2.37. The predicted octanol–water partition coefficient (Wildman–Crippen LogP) is 2.35. The molecule has 0 aromatic heterocycles. The van der Waals surface area contributed by atoms with Crippen LogP contribution in [-0.4, -0.2) is 25.7 Å². The fraction of sp³-hybridized carbons (Fsp3) is 0.600. The molecule has 94 valence electrons. The van der Waals surface area contributed by atoms with Crippen LogP contribution in [0.1, 0.15) is 31.2 Å². The van der Waals surface area contributed by atoms with Gasteiger partial charge in [0.05, 0.1) is 0 Å². The zero-order valence-electron chi connectivity index (χ0n) is 10.6. The molecule has 1 atom stereocenters. The maximum absolute atomic E-state index is 3.67. The molecule has 1 aliphatic heterocycles. The van der Waals surface area contributed by atoms with Crippen LogP contribution in [-0.2, 0) is 6.42 Å². The molecule has 0 saturated carbocycles. The van der Waals surface area contributed by atoms with Crippen LogP contribution in [0.25, 0.3) is 0 Å². The van der Waals surface area contributed by atoms with Crippen molar-refractivity contribution in [3.8, 4) is 0 Å². The molecule has 2 rings (SSSR count). The van der Waals surface area contributed by atoms with E-state index in [1.807, 2.05) is 0 Å². The molecule has 2 N–H and O–H groups in total. The van der Waals surface area contributed by atoms with E-state index in [2.05, 4.69) is 41.0 Å². The third-order valence-corrected chi connectivity index (χ3v) is 3.46. The Morgan fingerprint density at radius 2 is 2.06 bits per heavy atom. The van der Waals surface area contributed by atoms with Crippen LogP contribution in [0.4, 0.5) is 0 Å². The van der Waals surface area contributed by atoms with Gasteiger partial charge in [-0.1, -0.05) is 36.8 Å². The summed E-state index contributed by atoms with van der Waals surface area (Å²) in [7, 11) is 0. The summed E-state index contributed by atoms with van der Waals surface area (Å²) in [6, 6.07) is 11.4. The number of hydrogen-bond donors (Lipinski definition) is 2. The molecule has 0 radical (unpaired) electrons. The fourth-order valence-corrected chi connectivity index (χ4v) is 2.44. The molecule has 2 heteroatoms. The average molecular weight is 232 g/mol. The second kappa shape index (κ2) is 7.46. The molecular formula is C15H24N2. The number of nitrogens with one attached hydrogen (secondary N) is 2. The summed E-state index contributed by atoms with van der Waals surface area (Å²) >= 11 is 0. The number of benzene rings is 1. The lowest BCUT2D eigenvalue weighted by molar-refractivity contribution is 0.470. The van der Waals surface area contributed by atoms with E-state index >= 15 is 0 Å². The van der Waals surface area contributed by atoms with Crippen molar-refractivity contribution in [3.05, 3.63) is 35.9 Å². The Kier molecular flexibility index (Phi) is 5.53. The molecule has 0 aliphatic carbocycles. The van der Waals surface area contributed by atoms with Crippen molar-refractivity contribution >= 4 is 0 Å². The largest absolute Gasteiger partial charge is 0.315 e. The summed E-state index contributed by atoms with van der Waals surface area (Å²) in [4.78, 5) is 0. The summed E-state index contributed by atoms with van der Waals surface area (Å²) in [5.41, 5.74) is 1.45. The van der Waals surface area contributed by atoms with Crippen LogP contribution in [0, 0.1) is 0 Å². The molecule has 1 aliphatic rings. The zero-order chi connectivity index (χ0) is 11.8. The van der Waals surface area contributed by atoms with E-state index in [4.69, 9.17) is 0 Å². The van der Waals surface area contributed by atoms with E-state index in [9.17, 15) is 0 Å². The highest BCUT2D eigenvalue weighted by atomic mass is 15.0. The quantitative estimate of drug-likeness (QED) is 0.762. The fourth-order valence-electron chi connectivity index (χ4n) is 2.44. The van der Waals surface area contributed by atoms with E-state index in [1.54, 1.807) is 0 Å². The first-order chi connectivity index (χ1) is 8.45. The Labute approximate surface area is 105 Å². The molecule has 1 saturated heterocycles. The van der Waals surface area contributed by atoms with Crippen molar-refractivity contribution in [1.29, 1.82) is 0 Å². The van der Waals surface area contributed by atoms with Crippen LogP contribution in [0.5, 0.6) is 0 Å². The van der Waals surface area contributed by atoms with E-state index in [0.717, 1.165) is 13.1 Å². The summed E-state index contributed by atoms with van der Waals surface area (Å²) in [5.74, 6) is 0. The third kappa shape index (κ3) is 4.88. The smallest absolute Gasteiger partial charge is 0.0192 e. The first-order valence-corrected chi connectivity index (χ1v) is 6.93. The van der Waals surface area contributed by atoms with E-state index in [-0.39, 0.29) is 0 Å². The van der Waals surface area contributed by atoms with Crippen molar-refractivity contribution < 1.29 is 0 Å². The molecule has 2 nitrogen and oxygen atoms in total. The number of aryl methyl sites for hydroxylation is 1. The van der Waals surface area contributed by atoms with Crippen LogP contribution in [0.15, 0.2) is 30.3 Å². The monoisotopic (exact) mass is 232 g/mol. The molecule has 1 aromatic rings. The molecular weight excluding hydrogens is 208 g/mol. The highest BCUT2D eigenvalue weighted by Gasteiger charge is 2.09. The standard InChI is InChI=1S/C15H24N2/c1-2-7-14(8-3-1)9-6-12-17-15-10-4-5-11-16-13-15/h1-3,7-8,15-17H,4-6,9-13H2. The molecule has 0 bridgehead atoms. The first-order valence-electron chi connectivity index (χ1n) is 6.93. The van der Waals surface area contributed by atoms with Gasteiger partial charge in [-0.25, -0.2) is 0 Å². The van der Waals surface area contributed by atoms with Gasteiger partial charge in [0.2, 0.25) is 0 Å². The second-order valence-corrected chi connectivity index (χ2v) is 4.94. The second-order valence-electron chi connectivity index (χ2n) is 4.94. The number of rotatable bonds is 5. The van der Waals surface area contributed by atoms with Gasteiger partial charge in [-0.15, -0.1) is 0 Å². The molecule has 1 heterocycles. The minimum atomic E-state index is 0.688. The SMILES string of the molecule is c1ccc(CCCNC2CCCCNC2)cc1. The van der Waals surface area contributed by atoms with E-state index in [1.165, 1.54) is 44.2 Å². The van der Waals surface area contributed by atoms with Gasteiger partial charge in [-0.05, 0) is 44.3 Å². The van der Waals surface area contributed by atoms with Crippen molar-refractivity contribution in [3.63, 3.8) is 0 Å². The van der Waals surface area contributed by atoms with Gasteiger partial charge in [-0.3, -0.25) is 0 Å². The van der Waals surface area contributed by atoms with Crippen LogP contribution in [0.2, 0.25) is 0 Å². The summed E-state index contributed by atoms with van der Waals surface area (Å²) in [6.45, 7) is 3.48. The van der Waals surface area contributed by atoms with Crippen LogP contribution < -0.4 is 10.6 Å². The first kappa shape index (κ1) is 12.6. The average Bonchev–Trinajstić information content (AvgIpc) is 2.65. The van der Waals surface area contributed by atoms with E-state index in [0.29, 0.717) is 6.04 Å². The van der Waals surface area contributed by atoms with Gasteiger partial charge < -0.3 is 10.6 Å². The molecule has 17 heavy (non-hydrogen) atoms. The summed E-state index contributed by atoms with van der Waals surface area (Å²) < 4.78 is 0. The van der Waals surface area contributed by atoms with Gasteiger partial charge in [0.1, 0.15) is 0 Å². The van der Waals surface area contributed by atoms with Crippen molar-refractivity contribution in [2.45, 2.75) is 38.1 Å². The predicted molar refractivity (Wildman–Crippen MR) is 73.3 cm³/mol. The Balaban J connectivity index is 1.59. The lowest BCUT2D eigenvalue weighted by atomic mass is 10.1. The summed E-state index contributed by atoms with van der Waals surface area (Å²) in [6.07, 6.45) is 6.46. The third-order valence-electron chi connectivity index (χ3n) is 3.46. The minimum Gasteiger partial charge on any atom is -0.315 e. The van der Waals surface area contributed by atoms with Crippen molar-refractivity contribution in [2.24, 2.45) is 0 Å². The Morgan fingerprint density at radius 3 is 2.94 bits per heavy atom.